The number of allylic oxidation sites excluding steroid dienone is 2. The quantitative estimate of drug-likeness (QED) is 0.594. The van der Waals surface area contributed by atoms with E-state index >= 15 is 0 Å². The monoisotopic (exact) mass is 350 g/mol. The number of benzene rings is 1. The molecule has 0 aliphatic heterocycles. The molecule has 1 aromatic carbocycles. The molecule has 2 aliphatic rings. The lowest BCUT2D eigenvalue weighted by Gasteiger charge is -2.51. The van der Waals surface area contributed by atoms with Crippen LogP contribution in [0.2, 0.25) is 0 Å². The fourth-order valence-electron chi connectivity index (χ4n) is 6.49. The smallest absolute Gasteiger partial charge is 0.100 e. The van der Waals surface area contributed by atoms with Crippen molar-refractivity contribution in [1.82, 2.24) is 9.55 Å². The summed E-state index contributed by atoms with van der Waals surface area (Å²) in [7, 11) is 0. The van der Waals surface area contributed by atoms with Crippen LogP contribution >= 0.6 is 0 Å². The highest BCUT2D eigenvalue weighted by Crippen LogP contribution is 2.61. The van der Waals surface area contributed by atoms with Crippen molar-refractivity contribution in [1.29, 1.82) is 0 Å². The Morgan fingerprint density at radius 3 is 2.81 bits per heavy atom. The largest absolute Gasteiger partial charge is 0.302 e. The van der Waals surface area contributed by atoms with Gasteiger partial charge in [-0.2, -0.15) is 0 Å². The first-order chi connectivity index (χ1) is 12.4. The van der Waals surface area contributed by atoms with Crippen LogP contribution in [0.1, 0.15) is 66.7 Å². The Morgan fingerprint density at radius 1 is 1.27 bits per heavy atom. The number of para-hydroxylation sites is 2. The molecule has 0 spiro atoms. The number of imidazole rings is 1. The second kappa shape index (κ2) is 6.25. The number of hydrogen-bond acceptors (Lipinski definition) is 1. The van der Waals surface area contributed by atoms with Gasteiger partial charge in [0.1, 0.15) is 6.33 Å². The molecule has 2 aliphatic carbocycles. The van der Waals surface area contributed by atoms with Gasteiger partial charge in [0.05, 0.1) is 11.0 Å². The summed E-state index contributed by atoms with van der Waals surface area (Å²) in [5.41, 5.74) is 4.59. The maximum atomic E-state index is 4.65. The van der Waals surface area contributed by atoms with Crippen LogP contribution in [-0.2, 0) is 0 Å². The first-order valence-electron chi connectivity index (χ1n) is 10.5. The molecular weight excluding hydrogens is 316 g/mol. The van der Waals surface area contributed by atoms with Gasteiger partial charge < -0.3 is 4.57 Å². The molecule has 26 heavy (non-hydrogen) atoms. The van der Waals surface area contributed by atoms with Crippen LogP contribution in [0.4, 0.5) is 0 Å². The lowest BCUT2D eigenvalue weighted by atomic mass is 9.54. The molecule has 2 heteroatoms. The molecule has 4 atom stereocenters. The van der Waals surface area contributed by atoms with Crippen molar-refractivity contribution in [2.24, 2.45) is 28.6 Å². The van der Waals surface area contributed by atoms with Gasteiger partial charge in [0.2, 0.25) is 0 Å². The zero-order valence-electron chi connectivity index (χ0n) is 17.1. The van der Waals surface area contributed by atoms with Gasteiger partial charge in [0.25, 0.3) is 0 Å². The molecule has 4 rings (SSSR count). The van der Waals surface area contributed by atoms with E-state index in [0.29, 0.717) is 5.41 Å². The third-order valence-electron chi connectivity index (χ3n) is 7.82. The minimum atomic E-state index is 0.279. The van der Waals surface area contributed by atoms with Crippen LogP contribution in [0, 0.1) is 28.6 Å². The maximum Gasteiger partial charge on any atom is 0.100 e. The minimum absolute atomic E-state index is 0.279. The minimum Gasteiger partial charge on any atom is -0.302 e. The predicted octanol–water partition coefficient (Wildman–Crippen LogP) is 6.78. The molecule has 140 valence electrons. The maximum absolute atomic E-state index is 4.65. The van der Waals surface area contributed by atoms with E-state index in [1.807, 2.05) is 6.33 Å². The highest BCUT2D eigenvalue weighted by molar-refractivity contribution is 5.80. The van der Waals surface area contributed by atoms with Crippen molar-refractivity contribution >= 4 is 16.7 Å². The highest BCUT2D eigenvalue weighted by atomic mass is 15.1. The molecule has 0 amide bonds. The summed E-state index contributed by atoms with van der Waals surface area (Å²) in [4.78, 5) is 4.65. The molecule has 1 fully saturated rings. The van der Waals surface area contributed by atoms with Gasteiger partial charge in [-0.15, -0.1) is 0 Å². The zero-order chi connectivity index (χ0) is 18.5. The van der Waals surface area contributed by atoms with Gasteiger partial charge in [0, 0.05) is 11.1 Å². The molecule has 2 nitrogen and oxygen atoms in total. The second-order valence-corrected chi connectivity index (χ2v) is 9.70. The van der Waals surface area contributed by atoms with Crippen molar-refractivity contribution in [2.75, 3.05) is 0 Å². The molecule has 0 saturated heterocycles. The van der Waals surface area contributed by atoms with Gasteiger partial charge in [-0.25, -0.2) is 4.98 Å². The normalized spacial score (nSPS) is 31.9. The van der Waals surface area contributed by atoms with Crippen LogP contribution in [0.3, 0.4) is 0 Å². The van der Waals surface area contributed by atoms with Crippen molar-refractivity contribution in [3.8, 4) is 0 Å². The van der Waals surface area contributed by atoms with Gasteiger partial charge in [0.15, 0.2) is 0 Å². The van der Waals surface area contributed by atoms with E-state index in [1.165, 1.54) is 43.3 Å². The number of hydrogen-bond donors (Lipinski definition) is 0. The molecule has 4 unspecified atom stereocenters. The summed E-state index contributed by atoms with van der Waals surface area (Å²) in [5, 5.41) is 0. The molecule has 1 saturated carbocycles. The summed E-state index contributed by atoms with van der Waals surface area (Å²) in [6.07, 6.45) is 11.1. The van der Waals surface area contributed by atoms with Crippen LogP contribution in [0.25, 0.3) is 16.7 Å². The number of nitrogens with zero attached hydrogens (tertiary/aromatic N) is 2. The van der Waals surface area contributed by atoms with Crippen molar-refractivity contribution in [3.63, 3.8) is 0 Å². The number of rotatable bonds is 4. The van der Waals surface area contributed by atoms with E-state index in [1.54, 1.807) is 0 Å². The Kier molecular flexibility index (Phi) is 4.28. The van der Waals surface area contributed by atoms with Crippen LogP contribution in [-0.4, -0.2) is 9.55 Å². The summed E-state index contributed by atoms with van der Waals surface area (Å²) in [5.74, 6) is 2.38. The fraction of sp³-hybridized carbons (Fsp3) is 0.625. The average molecular weight is 351 g/mol. The summed E-state index contributed by atoms with van der Waals surface area (Å²) in [6.45, 7) is 12.4. The summed E-state index contributed by atoms with van der Waals surface area (Å²) < 4.78 is 2.37. The van der Waals surface area contributed by atoms with Crippen molar-refractivity contribution in [3.05, 3.63) is 36.7 Å². The summed E-state index contributed by atoms with van der Waals surface area (Å²) in [6, 6.07) is 8.53. The Hall–Kier alpha value is -1.57. The Bertz CT molecular complexity index is 828. The Balaban J connectivity index is 1.66. The molecule has 0 radical (unpaired) electrons. The van der Waals surface area contributed by atoms with Gasteiger partial charge in [-0.05, 0) is 61.0 Å². The first-order valence-corrected chi connectivity index (χ1v) is 10.5. The average Bonchev–Trinajstić information content (AvgIpc) is 3.15. The van der Waals surface area contributed by atoms with Crippen LogP contribution < -0.4 is 0 Å². The lowest BCUT2D eigenvalue weighted by Crippen LogP contribution is -2.44. The van der Waals surface area contributed by atoms with E-state index in [-0.39, 0.29) is 5.41 Å². The molecular formula is C24H34N2. The van der Waals surface area contributed by atoms with Gasteiger partial charge >= 0.3 is 0 Å². The molecule has 2 aromatic rings. The molecule has 1 heterocycles. The zero-order valence-corrected chi connectivity index (χ0v) is 17.1. The van der Waals surface area contributed by atoms with E-state index in [0.717, 1.165) is 23.3 Å². The summed E-state index contributed by atoms with van der Waals surface area (Å²) >= 11 is 0. The van der Waals surface area contributed by atoms with E-state index < -0.39 is 0 Å². The molecule has 0 bridgehead atoms. The Morgan fingerprint density at radius 2 is 2.04 bits per heavy atom. The first kappa shape index (κ1) is 17.8. The third-order valence-corrected chi connectivity index (χ3v) is 7.82. The van der Waals surface area contributed by atoms with E-state index in [4.69, 9.17) is 0 Å². The Labute approximate surface area is 158 Å². The number of fused-ring (bicyclic) bond motifs is 2. The predicted molar refractivity (Wildman–Crippen MR) is 111 cm³/mol. The van der Waals surface area contributed by atoms with Crippen LogP contribution in [0.5, 0.6) is 0 Å². The lowest BCUT2D eigenvalue weighted by molar-refractivity contribution is 0.00474. The topological polar surface area (TPSA) is 17.8 Å². The number of aromatic nitrogens is 2. The standard InChI is InChI=1S/C24H34N2/c1-6-14-23(3,4)18-13-15-24(5)19(17(18)2)11-12-22(24)26-16-25-20-9-7-8-10-21(20)26/h7-10,12,16-19H,6,11,13-15H2,1-5H3. The van der Waals surface area contributed by atoms with E-state index in [9.17, 15) is 0 Å². The fourth-order valence-corrected chi connectivity index (χ4v) is 6.49. The SMILES string of the molecule is CCCC(C)(C)C1CCC2(C)C(n3cnc4ccccc43)=CCC2C1C. The second-order valence-electron chi connectivity index (χ2n) is 9.70. The molecule has 0 N–H and O–H groups in total. The van der Waals surface area contributed by atoms with Gasteiger partial charge in [-0.3, -0.25) is 0 Å². The van der Waals surface area contributed by atoms with Crippen molar-refractivity contribution < 1.29 is 0 Å². The van der Waals surface area contributed by atoms with Gasteiger partial charge in [-0.1, -0.05) is 59.2 Å². The van der Waals surface area contributed by atoms with E-state index in [2.05, 4.69) is 74.5 Å². The van der Waals surface area contributed by atoms with Crippen LogP contribution in [0.15, 0.2) is 36.7 Å². The third kappa shape index (κ3) is 2.56. The molecule has 1 aromatic heterocycles. The highest BCUT2D eigenvalue weighted by Gasteiger charge is 2.52. The van der Waals surface area contributed by atoms with Crippen molar-refractivity contribution in [2.45, 2.75) is 66.7 Å².